The Balaban J connectivity index is 3.02. The Hall–Kier alpha value is -1.47. The number of carbonyl (C=O) groups excluding carboxylic acids is 1. The van der Waals surface area contributed by atoms with Crippen molar-refractivity contribution in [2.24, 2.45) is 5.73 Å². The van der Waals surface area contributed by atoms with Gasteiger partial charge in [-0.25, -0.2) is 4.68 Å². The van der Waals surface area contributed by atoms with Gasteiger partial charge < -0.3 is 15.2 Å². The molecule has 0 aliphatic heterocycles. The van der Waals surface area contributed by atoms with Gasteiger partial charge in [0.25, 0.3) is 0 Å². The molecule has 18 heavy (non-hydrogen) atoms. The van der Waals surface area contributed by atoms with Crippen molar-refractivity contribution < 1.29 is 14.3 Å². The van der Waals surface area contributed by atoms with Crippen molar-refractivity contribution in [2.45, 2.75) is 32.4 Å². The number of amides is 1. The van der Waals surface area contributed by atoms with Gasteiger partial charge in [-0.05, 0) is 6.42 Å². The predicted octanol–water partition coefficient (Wildman–Crippen LogP) is 0.0498. The highest BCUT2D eigenvalue weighted by Gasteiger charge is 2.19. The highest BCUT2D eigenvalue weighted by atomic mass is 16.5. The molecule has 0 aliphatic carbocycles. The minimum Gasteiger partial charge on any atom is -0.382 e. The number of aromatic nitrogens is 3. The molecule has 1 aromatic heterocycles. The van der Waals surface area contributed by atoms with Gasteiger partial charge in [0.05, 0.1) is 37.1 Å². The maximum atomic E-state index is 11.0. The second-order valence-electron chi connectivity index (χ2n) is 4.02. The Kier molecular flexibility index (Phi) is 5.73. The van der Waals surface area contributed by atoms with Crippen LogP contribution in [0.2, 0.25) is 0 Å². The van der Waals surface area contributed by atoms with Crippen molar-refractivity contribution in [1.29, 1.82) is 0 Å². The van der Waals surface area contributed by atoms with Crippen LogP contribution in [-0.4, -0.2) is 41.7 Å². The average molecular weight is 256 g/mol. The molecule has 1 aromatic rings. The van der Waals surface area contributed by atoms with E-state index < -0.39 is 5.91 Å². The molecular weight excluding hydrogens is 236 g/mol. The van der Waals surface area contributed by atoms with Crippen molar-refractivity contribution in [3.8, 4) is 0 Å². The van der Waals surface area contributed by atoms with Gasteiger partial charge in [-0.3, -0.25) is 4.79 Å². The van der Waals surface area contributed by atoms with Crippen LogP contribution in [0.25, 0.3) is 0 Å². The number of primary amides is 1. The maximum absolute atomic E-state index is 11.0. The number of ether oxygens (including phenoxy) is 2. The van der Waals surface area contributed by atoms with E-state index in [0.717, 1.165) is 12.1 Å². The second-order valence-corrected chi connectivity index (χ2v) is 4.02. The molecule has 0 saturated carbocycles. The van der Waals surface area contributed by atoms with Gasteiger partial charge in [0.15, 0.2) is 0 Å². The molecule has 0 aromatic carbocycles. The normalized spacial score (nSPS) is 12.6. The molecule has 1 rings (SSSR count). The molecule has 0 fully saturated rings. The van der Waals surface area contributed by atoms with Gasteiger partial charge >= 0.3 is 0 Å². The minimum absolute atomic E-state index is 0.0715. The smallest absolute Gasteiger partial charge is 0.223 e. The number of hydrogen-bond donors (Lipinski definition) is 1. The second kappa shape index (κ2) is 7.07. The average Bonchev–Trinajstić information content (AvgIpc) is 2.69. The first-order valence-electron chi connectivity index (χ1n) is 5.83. The zero-order valence-electron chi connectivity index (χ0n) is 11.0. The lowest BCUT2D eigenvalue weighted by molar-refractivity contribution is -0.117. The van der Waals surface area contributed by atoms with E-state index in [2.05, 4.69) is 10.3 Å². The van der Waals surface area contributed by atoms with E-state index in [-0.39, 0.29) is 12.5 Å². The summed E-state index contributed by atoms with van der Waals surface area (Å²) in [5.74, 6) is -0.431. The number of nitrogens with zero attached hydrogens (tertiary/aromatic N) is 3. The lowest BCUT2D eigenvalue weighted by Gasteiger charge is -2.16. The van der Waals surface area contributed by atoms with Gasteiger partial charge in [-0.2, -0.15) is 0 Å². The monoisotopic (exact) mass is 256 g/mol. The number of nitrogens with two attached hydrogens (primary N) is 1. The fourth-order valence-electron chi connectivity index (χ4n) is 1.78. The van der Waals surface area contributed by atoms with Crippen LogP contribution in [0.1, 0.15) is 30.8 Å². The maximum Gasteiger partial charge on any atom is 0.223 e. The van der Waals surface area contributed by atoms with Crippen molar-refractivity contribution in [3.63, 3.8) is 0 Å². The summed E-state index contributed by atoms with van der Waals surface area (Å²) in [5.41, 5.74) is 6.53. The van der Waals surface area contributed by atoms with E-state index in [0.29, 0.717) is 18.9 Å². The third kappa shape index (κ3) is 3.51. The molecule has 0 aliphatic rings. The Morgan fingerprint density at radius 2 is 2.17 bits per heavy atom. The van der Waals surface area contributed by atoms with E-state index in [9.17, 15) is 4.79 Å². The van der Waals surface area contributed by atoms with Crippen molar-refractivity contribution in [3.05, 3.63) is 11.4 Å². The number of hydrogen-bond acceptors (Lipinski definition) is 5. The third-order valence-corrected chi connectivity index (χ3v) is 2.67. The predicted molar refractivity (Wildman–Crippen MR) is 64.8 cm³/mol. The van der Waals surface area contributed by atoms with E-state index >= 15 is 0 Å². The molecule has 102 valence electrons. The van der Waals surface area contributed by atoms with Crippen LogP contribution < -0.4 is 5.73 Å². The lowest BCUT2D eigenvalue weighted by atomic mass is 10.2. The van der Waals surface area contributed by atoms with Crippen molar-refractivity contribution in [1.82, 2.24) is 15.0 Å². The van der Waals surface area contributed by atoms with E-state index in [1.807, 2.05) is 6.92 Å². The highest BCUT2D eigenvalue weighted by molar-refractivity contribution is 5.76. The molecule has 1 amide bonds. The highest BCUT2D eigenvalue weighted by Crippen LogP contribution is 2.17. The molecule has 0 bridgehead atoms. The molecule has 2 N–H and O–H groups in total. The summed E-state index contributed by atoms with van der Waals surface area (Å²) in [6, 6.07) is 0.0780. The standard InChI is InChI=1S/C11H20N4O3/c1-4-8(6-17-2)15-10(7-18-3)9(13-14-15)5-11(12)16/h8H,4-7H2,1-3H3,(H2,12,16). The van der Waals surface area contributed by atoms with Crippen LogP contribution in [-0.2, 0) is 27.3 Å². The summed E-state index contributed by atoms with van der Waals surface area (Å²) in [7, 11) is 3.22. The van der Waals surface area contributed by atoms with Gasteiger partial charge in [-0.1, -0.05) is 12.1 Å². The number of rotatable bonds is 8. The topological polar surface area (TPSA) is 92.3 Å². The molecule has 1 unspecified atom stereocenters. The van der Waals surface area contributed by atoms with E-state index in [1.54, 1.807) is 18.9 Å². The van der Waals surface area contributed by atoms with Crippen LogP contribution in [0.3, 0.4) is 0 Å². The number of methoxy groups -OCH3 is 2. The molecule has 0 radical (unpaired) electrons. The fourth-order valence-corrected chi connectivity index (χ4v) is 1.78. The Labute approximate surface area is 106 Å². The quantitative estimate of drug-likeness (QED) is 0.709. The molecule has 7 nitrogen and oxygen atoms in total. The Bertz CT molecular complexity index is 392. The summed E-state index contributed by atoms with van der Waals surface area (Å²) >= 11 is 0. The number of carbonyl (C=O) groups is 1. The first-order chi connectivity index (χ1) is 8.63. The molecule has 1 atom stereocenters. The summed E-state index contributed by atoms with van der Waals surface area (Å²) < 4.78 is 12.0. The van der Waals surface area contributed by atoms with Crippen molar-refractivity contribution >= 4 is 5.91 Å². The van der Waals surface area contributed by atoms with Crippen LogP contribution in [0.4, 0.5) is 0 Å². The van der Waals surface area contributed by atoms with Crippen LogP contribution in [0, 0.1) is 0 Å². The van der Waals surface area contributed by atoms with Gasteiger partial charge in [-0.15, -0.1) is 5.10 Å². The van der Waals surface area contributed by atoms with Crippen LogP contribution in [0.15, 0.2) is 0 Å². The zero-order chi connectivity index (χ0) is 13.5. The molecule has 0 saturated heterocycles. The fraction of sp³-hybridized carbons (Fsp3) is 0.727. The summed E-state index contributed by atoms with van der Waals surface area (Å²) in [6.07, 6.45) is 0.923. The summed E-state index contributed by atoms with van der Waals surface area (Å²) in [4.78, 5) is 11.0. The van der Waals surface area contributed by atoms with E-state index in [1.165, 1.54) is 0 Å². The summed E-state index contributed by atoms with van der Waals surface area (Å²) in [5, 5.41) is 8.08. The largest absolute Gasteiger partial charge is 0.382 e. The molecular formula is C11H20N4O3. The van der Waals surface area contributed by atoms with Gasteiger partial charge in [0.2, 0.25) is 5.91 Å². The van der Waals surface area contributed by atoms with Crippen LogP contribution >= 0.6 is 0 Å². The summed E-state index contributed by atoms with van der Waals surface area (Å²) in [6.45, 7) is 2.91. The van der Waals surface area contributed by atoms with E-state index in [4.69, 9.17) is 15.2 Å². The molecule has 0 spiro atoms. The SMILES string of the molecule is CCC(COC)n1nnc(CC(N)=O)c1COC. The minimum atomic E-state index is -0.431. The van der Waals surface area contributed by atoms with Crippen molar-refractivity contribution in [2.75, 3.05) is 20.8 Å². The Morgan fingerprint density at radius 1 is 1.44 bits per heavy atom. The van der Waals surface area contributed by atoms with Gasteiger partial charge in [0.1, 0.15) is 0 Å². The van der Waals surface area contributed by atoms with Gasteiger partial charge in [0, 0.05) is 14.2 Å². The molecule has 7 heteroatoms. The zero-order valence-corrected chi connectivity index (χ0v) is 11.0. The first kappa shape index (κ1) is 14.6. The first-order valence-corrected chi connectivity index (χ1v) is 5.83. The molecule has 1 heterocycles. The third-order valence-electron chi connectivity index (χ3n) is 2.67. The van der Waals surface area contributed by atoms with Crippen LogP contribution in [0.5, 0.6) is 0 Å². The lowest BCUT2D eigenvalue weighted by Crippen LogP contribution is -2.20. The Morgan fingerprint density at radius 3 is 2.67 bits per heavy atom.